The Morgan fingerprint density at radius 1 is 1.00 bits per heavy atom. The number of hydrogen-bond acceptors (Lipinski definition) is 6. The quantitative estimate of drug-likeness (QED) is 0.556. The molecule has 1 saturated heterocycles. The molecule has 0 atom stereocenters. The van der Waals surface area contributed by atoms with Crippen LogP contribution in [0.15, 0.2) is 58.3 Å². The fraction of sp³-hybridized carbons (Fsp3) is 0.435. The molecule has 11 heteroatoms. The molecule has 0 aliphatic carbocycles. The Hall–Kier alpha value is -2.47. The van der Waals surface area contributed by atoms with Gasteiger partial charge in [-0.3, -0.25) is 4.79 Å². The van der Waals surface area contributed by atoms with E-state index >= 15 is 0 Å². The number of nitrogens with one attached hydrogen (secondary N) is 1. The highest BCUT2D eigenvalue weighted by molar-refractivity contribution is 7.89. The summed E-state index contributed by atoms with van der Waals surface area (Å²) < 4.78 is 59.5. The van der Waals surface area contributed by atoms with E-state index in [0.29, 0.717) is 31.7 Å². The number of sulfonamides is 2. The van der Waals surface area contributed by atoms with Crippen LogP contribution in [0.25, 0.3) is 0 Å². The number of hydrogen-bond donors (Lipinski definition) is 1. The largest absolute Gasteiger partial charge is 0.495 e. The number of nitrogens with zero attached hydrogens (tertiary/aromatic N) is 2. The van der Waals surface area contributed by atoms with Gasteiger partial charge in [-0.25, -0.2) is 16.8 Å². The molecule has 0 saturated carbocycles. The smallest absolute Gasteiger partial charge is 0.243 e. The normalized spacial score (nSPS) is 15.9. The predicted octanol–water partition coefficient (Wildman–Crippen LogP) is 2.77. The van der Waals surface area contributed by atoms with Crippen LogP contribution in [0.3, 0.4) is 0 Å². The Morgan fingerprint density at radius 2 is 1.62 bits per heavy atom. The summed E-state index contributed by atoms with van der Waals surface area (Å²) in [7, 11) is -5.87. The number of methoxy groups -OCH3 is 1. The summed E-state index contributed by atoms with van der Waals surface area (Å²) in [6.07, 6.45) is 0.718. The molecule has 2 aromatic rings. The van der Waals surface area contributed by atoms with Gasteiger partial charge in [-0.15, -0.1) is 0 Å². The van der Waals surface area contributed by atoms with Gasteiger partial charge in [-0.2, -0.15) is 8.61 Å². The lowest BCUT2D eigenvalue weighted by Crippen LogP contribution is -2.41. The minimum Gasteiger partial charge on any atom is -0.495 e. The highest BCUT2D eigenvalue weighted by Gasteiger charge is 2.32. The van der Waals surface area contributed by atoms with E-state index in [0.717, 1.165) is 0 Å². The maximum atomic E-state index is 13.0. The molecule has 0 bridgehead atoms. The van der Waals surface area contributed by atoms with Gasteiger partial charge in [0.15, 0.2) is 0 Å². The van der Waals surface area contributed by atoms with E-state index in [-0.39, 0.29) is 34.5 Å². The summed E-state index contributed by atoms with van der Waals surface area (Å²) in [6, 6.07) is 12.6. The van der Waals surface area contributed by atoms with Crippen LogP contribution >= 0.6 is 0 Å². The monoisotopic (exact) mass is 509 g/mol. The second kappa shape index (κ2) is 10.9. The van der Waals surface area contributed by atoms with Crippen molar-refractivity contribution < 1.29 is 26.4 Å². The van der Waals surface area contributed by atoms with Gasteiger partial charge >= 0.3 is 0 Å². The van der Waals surface area contributed by atoms with Crippen molar-refractivity contribution in [2.45, 2.75) is 36.5 Å². The van der Waals surface area contributed by atoms with Crippen LogP contribution in [0.5, 0.6) is 5.75 Å². The highest BCUT2D eigenvalue weighted by atomic mass is 32.2. The Balaban J connectivity index is 1.73. The van der Waals surface area contributed by atoms with Crippen LogP contribution < -0.4 is 10.1 Å². The number of benzene rings is 2. The Kier molecular flexibility index (Phi) is 8.34. The van der Waals surface area contributed by atoms with Crippen LogP contribution in [-0.4, -0.2) is 64.6 Å². The third kappa shape index (κ3) is 5.43. The van der Waals surface area contributed by atoms with Crippen LogP contribution in [0, 0.1) is 5.92 Å². The molecule has 9 nitrogen and oxygen atoms in total. The second-order valence-electron chi connectivity index (χ2n) is 7.93. The number of piperidine rings is 1. The fourth-order valence-electron chi connectivity index (χ4n) is 3.99. The number of anilines is 1. The molecule has 3 rings (SSSR count). The molecule has 34 heavy (non-hydrogen) atoms. The van der Waals surface area contributed by atoms with Crippen molar-refractivity contribution in [2.24, 2.45) is 5.92 Å². The zero-order chi connectivity index (χ0) is 24.9. The predicted molar refractivity (Wildman–Crippen MR) is 130 cm³/mol. The van der Waals surface area contributed by atoms with Crippen molar-refractivity contribution in [1.29, 1.82) is 0 Å². The molecule has 0 unspecified atom stereocenters. The summed E-state index contributed by atoms with van der Waals surface area (Å²) in [5.74, 6) is -0.363. The van der Waals surface area contributed by atoms with E-state index in [1.54, 1.807) is 44.2 Å². The molecule has 1 aliphatic rings. The van der Waals surface area contributed by atoms with Gasteiger partial charge < -0.3 is 10.1 Å². The number of carbonyl (C=O) groups is 1. The molecule has 0 aromatic heterocycles. The fourth-order valence-corrected chi connectivity index (χ4v) is 6.97. The van der Waals surface area contributed by atoms with Gasteiger partial charge in [0.05, 0.1) is 22.6 Å². The molecular formula is C23H31N3O6S2. The third-order valence-electron chi connectivity index (χ3n) is 5.98. The van der Waals surface area contributed by atoms with Crippen LogP contribution in [0.4, 0.5) is 5.69 Å². The topological polar surface area (TPSA) is 113 Å². The van der Waals surface area contributed by atoms with Crippen LogP contribution in [-0.2, 0) is 24.8 Å². The molecule has 0 radical (unpaired) electrons. The van der Waals surface area contributed by atoms with Crippen molar-refractivity contribution in [3.63, 3.8) is 0 Å². The summed E-state index contributed by atoms with van der Waals surface area (Å²) in [5.41, 5.74) is 0.264. The van der Waals surface area contributed by atoms with Gasteiger partial charge in [-0.1, -0.05) is 32.0 Å². The van der Waals surface area contributed by atoms with Crippen molar-refractivity contribution in [3.05, 3.63) is 48.5 Å². The molecule has 1 fully saturated rings. The van der Waals surface area contributed by atoms with Crippen molar-refractivity contribution in [3.8, 4) is 5.75 Å². The average Bonchev–Trinajstić information content (AvgIpc) is 2.85. The van der Waals surface area contributed by atoms with E-state index < -0.39 is 26.0 Å². The van der Waals surface area contributed by atoms with Crippen molar-refractivity contribution in [1.82, 2.24) is 8.61 Å². The van der Waals surface area contributed by atoms with E-state index in [1.165, 1.54) is 33.9 Å². The Morgan fingerprint density at radius 3 is 2.18 bits per heavy atom. The van der Waals surface area contributed by atoms with E-state index in [4.69, 9.17) is 4.74 Å². The van der Waals surface area contributed by atoms with Crippen LogP contribution in [0.2, 0.25) is 0 Å². The lowest BCUT2D eigenvalue weighted by Gasteiger charge is -2.30. The molecule has 1 heterocycles. The maximum Gasteiger partial charge on any atom is 0.243 e. The number of carbonyl (C=O) groups excluding carboxylic acids is 1. The lowest BCUT2D eigenvalue weighted by atomic mass is 9.97. The van der Waals surface area contributed by atoms with Crippen molar-refractivity contribution in [2.75, 3.05) is 38.6 Å². The SMILES string of the molecule is CCN(CC)S(=O)(=O)c1ccc(OC)c(NC(=O)C2CCN(S(=O)(=O)c3ccccc3)CC2)c1. The Bertz CT molecular complexity index is 1200. The minimum absolute atomic E-state index is 0.0658. The molecule has 2 aromatic carbocycles. The summed E-state index contributed by atoms with van der Waals surface area (Å²) in [6.45, 7) is 4.63. The molecular weight excluding hydrogens is 478 g/mol. The number of ether oxygens (including phenoxy) is 1. The summed E-state index contributed by atoms with van der Waals surface area (Å²) in [4.78, 5) is 13.3. The van der Waals surface area contributed by atoms with E-state index in [9.17, 15) is 21.6 Å². The van der Waals surface area contributed by atoms with Crippen LogP contribution in [0.1, 0.15) is 26.7 Å². The van der Waals surface area contributed by atoms with Gasteiger partial charge in [0, 0.05) is 32.1 Å². The molecule has 0 spiro atoms. The summed E-state index contributed by atoms with van der Waals surface area (Å²) >= 11 is 0. The lowest BCUT2D eigenvalue weighted by molar-refractivity contribution is -0.120. The van der Waals surface area contributed by atoms with Gasteiger partial charge in [0.25, 0.3) is 0 Å². The third-order valence-corrected chi connectivity index (χ3v) is 9.94. The minimum atomic E-state index is -3.71. The Labute approximate surface area is 201 Å². The first-order chi connectivity index (χ1) is 16.1. The standard InChI is InChI=1S/C23H31N3O6S2/c1-4-25(5-2)34(30,31)20-11-12-22(32-3)21(17-20)24-23(27)18-13-15-26(16-14-18)33(28,29)19-9-7-6-8-10-19/h6-12,17-18H,4-5,13-16H2,1-3H3,(H,24,27). The van der Waals surface area contributed by atoms with Gasteiger partial charge in [0.2, 0.25) is 26.0 Å². The second-order valence-corrected chi connectivity index (χ2v) is 11.8. The number of amides is 1. The molecule has 1 aliphatic heterocycles. The van der Waals surface area contributed by atoms with Gasteiger partial charge in [-0.05, 0) is 43.2 Å². The van der Waals surface area contributed by atoms with E-state index in [2.05, 4.69) is 5.32 Å². The van der Waals surface area contributed by atoms with E-state index in [1.807, 2.05) is 0 Å². The maximum absolute atomic E-state index is 13.0. The first-order valence-electron chi connectivity index (χ1n) is 11.2. The number of rotatable bonds is 9. The molecule has 1 amide bonds. The molecule has 186 valence electrons. The highest BCUT2D eigenvalue weighted by Crippen LogP contribution is 2.31. The zero-order valence-electron chi connectivity index (χ0n) is 19.6. The first kappa shape index (κ1) is 26.1. The zero-order valence-corrected chi connectivity index (χ0v) is 21.2. The first-order valence-corrected chi connectivity index (χ1v) is 14.1. The van der Waals surface area contributed by atoms with Crippen molar-refractivity contribution >= 4 is 31.6 Å². The van der Waals surface area contributed by atoms with Gasteiger partial charge in [0.1, 0.15) is 5.75 Å². The average molecular weight is 510 g/mol. The summed E-state index contributed by atoms with van der Waals surface area (Å²) in [5, 5.41) is 2.79. The molecule has 1 N–H and O–H groups in total.